The number of hydrogen-bond acceptors (Lipinski definition) is 5. The summed E-state index contributed by atoms with van der Waals surface area (Å²) in [6.45, 7) is 4.65. The quantitative estimate of drug-likeness (QED) is 0.724. The molecule has 2 aliphatic heterocycles. The summed E-state index contributed by atoms with van der Waals surface area (Å²) in [7, 11) is -3.65. The van der Waals surface area contributed by atoms with E-state index >= 15 is 0 Å². The van der Waals surface area contributed by atoms with Gasteiger partial charge in [0.05, 0.1) is 5.69 Å². The van der Waals surface area contributed by atoms with Crippen molar-refractivity contribution in [1.29, 1.82) is 0 Å². The molecule has 2 aliphatic rings. The number of benzene rings is 2. The molecule has 8 heteroatoms. The van der Waals surface area contributed by atoms with Gasteiger partial charge in [0, 0.05) is 43.3 Å². The fourth-order valence-corrected chi connectivity index (χ4v) is 6.33. The minimum Gasteiger partial charge on any atom is -0.369 e. The van der Waals surface area contributed by atoms with Crippen molar-refractivity contribution in [2.75, 3.05) is 54.0 Å². The Morgan fingerprint density at radius 2 is 1.77 bits per heavy atom. The average Bonchev–Trinajstić information content (AvgIpc) is 2.96. The van der Waals surface area contributed by atoms with Crippen molar-refractivity contribution in [2.45, 2.75) is 18.2 Å². The molecule has 1 amide bonds. The number of anilines is 2. The normalized spacial score (nSPS) is 18.0. The van der Waals surface area contributed by atoms with Gasteiger partial charge in [0.1, 0.15) is 5.75 Å². The van der Waals surface area contributed by atoms with Gasteiger partial charge in [-0.05, 0) is 48.9 Å². The van der Waals surface area contributed by atoms with E-state index in [0.717, 1.165) is 28.4 Å². The predicted molar refractivity (Wildman–Crippen MR) is 123 cm³/mol. The number of amides is 1. The molecule has 0 radical (unpaired) electrons. The third-order valence-electron chi connectivity index (χ3n) is 5.55. The molecule has 0 atom stereocenters. The fraction of sp³-hybridized carbons (Fsp3) is 0.409. The van der Waals surface area contributed by atoms with E-state index in [1.54, 1.807) is 16.7 Å². The molecule has 0 aliphatic carbocycles. The van der Waals surface area contributed by atoms with Gasteiger partial charge in [-0.1, -0.05) is 24.3 Å². The van der Waals surface area contributed by atoms with Crippen molar-refractivity contribution >= 4 is 39.1 Å². The molecule has 1 saturated heterocycles. The van der Waals surface area contributed by atoms with Crippen LogP contribution in [0.15, 0.2) is 53.4 Å². The number of thioether (sulfide) groups is 1. The number of hydrogen-bond donors (Lipinski definition) is 0. The van der Waals surface area contributed by atoms with Crippen molar-refractivity contribution < 1.29 is 13.2 Å². The number of carbonyl (C=O) groups excluding carboxylic acids is 1. The second-order valence-electron chi connectivity index (χ2n) is 7.70. The topological polar surface area (TPSA) is 60.9 Å². The van der Waals surface area contributed by atoms with Gasteiger partial charge in [-0.15, -0.1) is 11.8 Å². The van der Waals surface area contributed by atoms with Gasteiger partial charge in [0.2, 0.25) is 15.9 Å². The molecule has 2 heterocycles. The summed E-state index contributed by atoms with van der Waals surface area (Å²) >= 11 is 1.72. The third-order valence-corrected chi connectivity index (χ3v) is 8.46. The van der Waals surface area contributed by atoms with Crippen LogP contribution in [0, 0.1) is 6.92 Å². The van der Waals surface area contributed by atoms with Gasteiger partial charge in [-0.2, -0.15) is 4.31 Å². The summed E-state index contributed by atoms with van der Waals surface area (Å²) in [5.41, 5.74) is 3.12. The highest BCUT2D eigenvalue weighted by Crippen LogP contribution is 2.33. The molecule has 2 aromatic rings. The maximum atomic E-state index is 13.0. The van der Waals surface area contributed by atoms with E-state index in [2.05, 4.69) is 30.0 Å². The van der Waals surface area contributed by atoms with Crippen molar-refractivity contribution in [2.24, 2.45) is 0 Å². The van der Waals surface area contributed by atoms with Crippen LogP contribution >= 0.6 is 11.8 Å². The Labute approximate surface area is 182 Å². The lowest BCUT2D eigenvalue weighted by atomic mass is 10.2. The number of sulfonamides is 1. The zero-order chi connectivity index (χ0) is 21.1. The van der Waals surface area contributed by atoms with Crippen LogP contribution in [0.25, 0.3) is 0 Å². The molecule has 0 saturated carbocycles. The molecular weight excluding hydrogens is 418 g/mol. The molecule has 2 aromatic carbocycles. The molecule has 0 unspecified atom stereocenters. The molecule has 0 spiro atoms. The smallest absolute Gasteiger partial charge is 0.243 e. The second kappa shape index (κ2) is 8.99. The highest BCUT2D eigenvalue weighted by atomic mass is 32.2. The lowest BCUT2D eigenvalue weighted by Crippen LogP contribution is -2.51. The van der Waals surface area contributed by atoms with Crippen LogP contribution in [-0.4, -0.2) is 62.9 Å². The first kappa shape index (κ1) is 21.2. The Balaban J connectivity index is 1.42. The Kier molecular flexibility index (Phi) is 6.36. The molecule has 0 aromatic heterocycles. The summed E-state index contributed by atoms with van der Waals surface area (Å²) in [5.74, 6) is 0.108. The van der Waals surface area contributed by atoms with Crippen LogP contribution in [-0.2, 0) is 14.8 Å². The standard InChI is InChI=1S/C22H27N3O3S2/c1-18-6-4-7-19(16-18)23-11-13-24(14-12-23)30(27,28)17-22(26)25-10-5-15-29-21-9-3-2-8-20(21)25/h2-4,6-9,16H,5,10-15,17H2,1H3. The maximum Gasteiger partial charge on any atom is 0.243 e. The number of carbonyl (C=O) groups is 1. The SMILES string of the molecule is Cc1cccc(N2CCN(S(=O)(=O)CC(=O)N3CCCSc4ccccc43)CC2)c1. The van der Waals surface area contributed by atoms with E-state index in [1.165, 1.54) is 9.87 Å². The Morgan fingerprint density at radius 3 is 2.53 bits per heavy atom. The van der Waals surface area contributed by atoms with Crippen LogP contribution in [0.5, 0.6) is 0 Å². The number of piperazine rings is 1. The minimum absolute atomic E-state index is 0.342. The molecule has 4 rings (SSSR count). The average molecular weight is 446 g/mol. The molecule has 160 valence electrons. The molecule has 1 fully saturated rings. The Hall–Kier alpha value is -2.03. The number of fused-ring (bicyclic) bond motifs is 1. The summed E-state index contributed by atoms with van der Waals surface area (Å²) in [5, 5.41) is 0. The van der Waals surface area contributed by atoms with Gasteiger partial charge < -0.3 is 9.80 Å². The van der Waals surface area contributed by atoms with Crippen molar-refractivity contribution in [1.82, 2.24) is 4.31 Å². The van der Waals surface area contributed by atoms with Crippen molar-refractivity contribution in [3.63, 3.8) is 0 Å². The summed E-state index contributed by atoms with van der Waals surface area (Å²) in [6, 6.07) is 16.0. The zero-order valence-electron chi connectivity index (χ0n) is 17.2. The van der Waals surface area contributed by atoms with Crippen LogP contribution in [0.3, 0.4) is 0 Å². The van der Waals surface area contributed by atoms with Crippen LogP contribution in [0.4, 0.5) is 11.4 Å². The monoisotopic (exact) mass is 445 g/mol. The second-order valence-corrected chi connectivity index (χ2v) is 10.8. The first-order chi connectivity index (χ1) is 14.4. The van der Waals surface area contributed by atoms with E-state index in [0.29, 0.717) is 32.7 Å². The predicted octanol–water partition coefficient (Wildman–Crippen LogP) is 2.98. The third kappa shape index (κ3) is 4.66. The summed E-state index contributed by atoms with van der Waals surface area (Å²) < 4.78 is 27.4. The molecular formula is C22H27N3O3S2. The largest absolute Gasteiger partial charge is 0.369 e. The van der Waals surface area contributed by atoms with Gasteiger partial charge in [0.15, 0.2) is 0 Å². The van der Waals surface area contributed by atoms with Gasteiger partial charge in [-0.3, -0.25) is 4.79 Å². The molecule has 30 heavy (non-hydrogen) atoms. The summed E-state index contributed by atoms with van der Waals surface area (Å²) in [6.07, 6.45) is 0.848. The van der Waals surface area contributed by atoms with Gasteiger partial charge in [0.25, 0.3) is 0 Å². The maximum absolute atomic E-state index is 13.0. The van der Waals surface area contributed by atoms with Crippen molar-refractivity contribution in [3.05, 3.63) is 54.1 Å². The van der Waals surface area contributed by atoms with E-state index in [9.17, 15) is 13.2 Å². The lowest BCUT2D eigenvalue weighted by molar-refractivity contribution is -0.116. The highest BCUT2D eigenvalue weighted by molar-refractivity contribution is 7.99. The van der Waals surface area contributed by atoms with Gasteiger partial charge >= 0.3 is 0 Å². The number of rotatable bonds is 4. The fourth-order valence-electron chi connectivity index (χ4n) is 3.96. The van der Waals surface area contributed by atoms with Crippen LogP contribution in [0.1, 0.15) is 12.0 Å². The Bertz CT molecular complexity index is 1020. The van der Waals surface area contributed by atoms with E-state index in [4.69, 9.17) is 0 Å². The number of aryl methyl sites for hydroxylation is 1. The molecule has 0 N–H and O–H groups in total. The number of para-hydroxylation sites is 1. The van der Waals surface area contributed by atoms with E-state index in [1.807, 2.05) is 30.3 Å². The van der Waals surface area contributed by atoms with Crippen LogP contribution < -0.4 is 9.80 Å². The lowest BCUT2D eigenvalue weighted by Gasteiger charge is -2.35. The molecule has 6 nitrogen and oxygen atoms in total. The Morgan fingerprint density at radius 1 is 1.00 bits per heavy atom. The van der Waals surface area contributed by atoms with Gasteiger partial charge in [-0.25, -0.2) is 8.42 Å². The first-order valence-electron chi connectivity index (χ1n) is 10.3. The van der Waals surface area contributed by atoms with E-state index in [-0.39, 0.29) is 5.91 Å². The summed E-state index contributed by atoms with van der Waals surface area (Å²) in [4.78, 5) is 17.9. The molecule has 0 bridgehead atoms. The first-order valence-corrected chi connectivity index (χ1v) is 12.9. The van der Waals surface area contributed by atoms with Crippen LogP contribution in [0.2, 0.25) is 0 Å². The van der Waals surface area contributed by atoms with E-state index < -0.39 is 15.8 Å². The zero-order valence-corrected chi connectivity index (χ0v) is 18.8. The number of nitrogens with zero attached hydrogens (tertiary/aromatic N) is 3. The minimum atomic E-state index is -3.65. The highest BCUT2D eigenvalue weighted by Gasteiger charge is 2.32. The van der Waals surface area contributed by atoms with Crippen molar-refractivity contribution in [3.8, 4) is 0 Å².